The first kappa shape index (κ1) is 16.4. The Morgan fingerprint density at radius 1 is 1.36 bits per heavy atom. The van der Waals surface area contributed by atoms with Crippen molar-refractivity contribution in [2.24, 2.45) is 0 Å². The summed E-state index contributed by atoms with van der Waals surface area (Å²) in [4.78, 5) is 13.9. The van der Waals surface area contributed by atoms with Crippen LogP contribution >= 0.6 is 0 Å². The maximum absolute atomic E-state index is 12.1. The fraction of sp³-hybridized carbons (Fsp3) is 0.471. The number of methoxy groups -OCH3 is 1. The summed E-state index contributed by atoms with van der Waals surface area (Å²) in [6.07, 6.45) is 4.36. The minimum atomic E-state index is -0.275. The number of amides is 1. The summed E-state index contributed by atoms with van der Waals surface area (Å²) < 4.78 is 10.8. The molecule has 5 heteroatoms. The monoisotopic (exact) mass is 305 g/mol. The third-order valence-electron chi connectivity index (χ3n) is 3.68. The summed E-state index contributed by atoms with van der Waals surface area (Å²) >= 11 is 0. The van der Waals surface area contributed by atoms with Crippen molar-refractivity contribution in [1.82, 2.24) is 4.90 Å². The molecule has 2 rings (SSSR count). The molecule has 0 aromatic heterocycles. The molecule has 1 aromatic rings. The van der Waals surface area contributed by atoms with Gasteiger partial charge in [-0.05, 0) is 43.5 Å². The first-order chi connectivity index (χ1) is 10.6. The second kappa shape index (κ2) is 7.84. The van der Waals surface area contributed by atoms with Crippen molar-refractivity contribution in [2.45, 2.75) is 25.9 Å². The minimum Gasteiger partial charge on any atom is -0.493 e. The van der Waals surface area contributed by atoms with Gasteiger partial charge in [0.1, 0.15) is 0 Å². The lowest BCUT2D eigenvalue weighted by Crippen LogP contribution is -2.39. The molecule has 1 aliphatic heterocycles. The molecule has 1 aliphatic rings. The second-order valence-corrected chi connectivity index (χ2v) is 5.23. The summed E-state index contributed by atoms with van der Waals surface area (Å²) in [7, 11) is 1.59. The van der Waals surface area contributed by atoms with Crippen molar-refractivity contribution in [1.29, 1.82) is 0 Å². The lowest BCUT2D eigenvalue weighted by atomic mass is 10.1. The molecule has 1 heterocycles. The zero-order chi connectivity index (χ0) is 15.9. The molecule has 0 bridgehead atoms. The Bertz CT molecular complexity index is 533. The third-order valence-corrected chi connectivity index (χ3v) is 3.68. The van der Waals surface area contributed by atoms with Crippen molar-refractivity contribution in [3.05, 3.63) is 29.8 Å². The number of carbonyl (C=O) groups is 1. The molecule has 1 fully saturated rings. The molecule has 0 atom stereocenters. The molecular formula is C17H23NO4. The average Bonchev–Trinajstić information content (AvgIpc) is 2.54. The smallest absolute Gasteiger partial charge is 0.246 e. The highest BCUT2D eigenvalue weighted by Gasteiger charge is 2.19. The molecule has 1 N–H and O–H groups in total. The van der Waals surface area contributed by atoms with Gasteiger partial charge in [0.2, 0.25) is 5.91 Å². The van der Waals surface area contributed by atoms with Crippen molar-refractivity contribution in [3.63, 3.8) is 0 Å². The fourth-order valence-electron chi connectivity index (χ4n) is 2.42. The van der Waals surface area contributed by atoms with Crippen LogP contribution in [0.2, 0.25) is 0 Å². The van der Waals surface area contributed by atoms with Gasteiger partial charge in [-0.1, -0.05) is 6.07 Å². The van der Waals surface area contributed by atoms with E-state index in [4.69, 9.17) is 9.47 Å². The van der Waals surface area contributed by atoms with Crippen molar-refractivity contribution in [3.8, 4) is 11.5 Å². The number of rotatable bonds is 5. The zero-order valence-electron chi connectivity index (χ0n) is 13.1. The second-order valence-electron chi connectivity index (χ2n) is 5.23. The van der Waals surface area contributed by atoms with E-state index < -0.39 is 0 Å². The number of aliphatic hydroxyl groups is 1. The van der Waals surface area contributed by atoms with E-state index in [2.05, 4.69) is 0 Å². The van der Waals surface area contributed by atoms with Crippen LogP contribution in [0.5, 0.6) is 11.5 Å². The molecule has 0 radical (unpaired) electrons. The van der Waals surface area contributed by atoms with Gasteiger partial charge in [-0.2, -0.15) is 0 Å². The van der Waals surface area contributed by atoms with Gasteiger partial charge in [-0.25, -0.2) is 0 Å². The molecule has 120 valence electrons. The van der Waals surface area contributed by atoms with Crippen LogP contribution in [0.3, 0.4) is 0 Å². The summed E-state index contributed by atoms with van der Waals surface area (Å²) in [6, 6.07) is 5.57. The molecule has 0 spiro atoms. The lowest BCUT2D eigenvalue weighted by Gasteiger charge is -2.28. The van der Waals surface area contributed by atoms with Crippen LogP contribution < -0.4 is 9.47 Å². The number of ether oxygens (including phenoxy) is 2. The maximum atomic E-state index is 12.1. The van der Waals surface area contributed by atoms with Crippen LogP contribution in [0.25, 0.3) is 6.08 Å². The van der Waals surface area contributed by atoms with Crippen LogP contribution in [-0.4, -0.2) is 48.8 Å². The van der Waals surface area contributed by atoms with Gasteiger partial charge in [-0.15, -0.1) is 0 Å². The largest absolute Gasteiger partial charge is 0.493 e. The number of likely N-dealkylation sites (tertiary alicyclic amines) is 1. The molecule has 22 heavy (non-hydrogen) atoms. The van der Waals surface area contributed by atoms with Crippen LogP contribution in [-0.2, 0) is 4.79 Å². The van der Waals surface area contributed by atoms with Gasteiger partial charge in [0.25, 0.3) is 0 Å². The van der Waals surface area contributed by atoms with Crippen molar-refractivity contribution in [2.75, 3.05) is 26.8 Å². The van der Waals surface area contributed by atoms with Gasteiger partial charge < -0.3 is 19.5 Å². The molecule has 0 unspecified atom stereocenters. The SMILES string of the molecule is CCOc1ccc(/C=C/C(=O)N2CCC(O)CC2)cc1OC. The molecule has 1 saturated heterocycles. The molecule has 1 amide bonds. The van der Waals surface area contributed by atoms with Crippen molar-refractivity contribution < 1.29 is 19.4 Å². The zero-order valence-corrected chi connectivity index (χ0v) is 13.1. The summed E-state index contributed by atoms with van der Waals surface area (Å²) in [5.41, 5.74) is 0.880. The highest BCUT2D eigenvalue weighted by atomic mass is 16.5. The molecule has 1 aromatic carbocycles. The van der Waals surface area contributed by atoms with E-state index in [1.807, 2.05) is 25.1 Å². The molecule has 0 aliphatic carbocycles. The first-order valence-corrected chi connectivity index (χ1v) is 7.60. The fourth-order valence-corrected chi connectivity index (χ4v) is 2.42. The highest BCUT2D eigenvalue weighted by Crippen LogP contribution is 2.28. The van der Waals surface area contributed by atoms with Crippen LogP contribution in [0.1, 0.15) is 25.3 Å². The average molecular weight is 305 g/mol. The van der Waals surface area contributed by atoms with E-state index in [1.54, 1.807) is 24.2 Å². The van der Waals surface area contributed by atoms with E-state index in [9.17, 15) is 9.90 Å². The van der Waals surface area contributed by atoms with E-state index in [0.717, 1.165) is 5.56 Å². The normalized spacial score (nSPS) is 16.0. The van der Waals surface area contributed by atoms with Crippen LogP contribution in [0.15, 0.2) is 24.3 Å². The lowest BCUT2D eigenvalue weighted by molar-refractivity contribution is -0.127. The summed E-state index contributed by atoms with van der Waals surface area (Å²) in [5.74, 6) is 1.32. The van der Waals surface area contributed by atoms with Crippen molar-refractivity contribution >= 4 is 12.0 Å². The molecule has 5 nitrogen and oxygen atoms in total. The van der Waals surface area contributed by atoms with Gasteiger partial charge in [0.15, 0.2) is 11.5 Å². The van der Waals surface area contributed by atoms with E-state index in [-0.39, 0.29) is 12.0 Å². The number of nitrogens with zero attached hydrogens (tertiary/aromatic N) is 1. The van der Waals surface area contributed by atoms with Gasteiger partial charge in [0.05, 0.1) is 19.8 Å². The Hall–Kier alpha value is -2.01. The number of carbonyl (C=O) groups excluding carboxylic acids is 1. The van der Waals surface area contributed by atoms with E-state index in [0.29, 0.717) is 44.0 Å². The number of aliphatic hydroxyl groups excluding tert-OH is 1. The highest BCUT2D eigenvalue weighted by molar-refractivity contribution is 5.91. The summed E-state index contributed by atoms with van der Waals surface area (Å²) in [6.45, 7) is 3.71. The van der Waals surface area contributed by atoms with E-state index >= 15 is 0 Å². The van der Waals surface area contributed by atoms with Crippen LogP contribution in [0.4, 0.5) is 0 Å². The Labute approximate surface area is 131 Å². The number of piperidine rings is 1. The predicted octanol–water partition coefficient (Wildman–Crippen LogP) is 2.09. The van der Waals surface area contributed by atoms with Gasteiger partial charge >= 0.3 is 0 Å². The summed E-state index contributed by atoms with van der Waals surface area (Å²) in [5, 5.41) is 9.46. The minimum absolute atomic E-state index is 0.0280. The Morgan fingerprint density at radius 2 is 2.09 bits per heavy atom. The Morgan fingerprint density at radius 3 is 2.73 bits per heavy atom. The van der Waals surface area contributed by atoms with E-state index in [1.165, 1.54) is 0 Å². The number of benzene rings is 1. The molecule has 0 saturated carbocycles. The topological polar surface area (TPSA) is 59.0 Å². The molecular weight excluding hydrogens is 282 g/mol. The number of hydrogen-bond donors (Lipinski definition) is 1. The van der Waals surface area contributed by atoms with Crippen LogP contribution in [0, 0.1) is 0 Å². The number of hydrogen-bond acceptors (Lipinski definition) is 4. The predicted molar refractivity (Wildman–Crippen MR) is 85.0 cm³/mol. The maximum Gasteiger partial charge on any atom is 0.246 e. The van der Waals surface area contributed by atoms with Gasteiger partial charge in [-0.3, -0.25) is 4.79 Å². The Kier molecular flexibility index (Phi) is 5.83. The third kappa shape index (κ3) is 4.24. The standard InChI is InChI=1S/C17H23NO4/c1-3-22-15-6-4-13(12-16(15)21-2)5-7-17(20)18-10-8-14(19)9-11-18/h4-7,12,14,19H,3,8-11H2,1-2H3/b7-5+. The Balaban J connectivity index is 2.01. The van der Waals surface area contributed by atoms with Gasteiger partial charge in [0, 0.05) is 19.2 Å². The quantitative estimate of drug-likeness (QED) is 0.846. The first-order valence-electron chi connectivity index (χ1n) is 7.60.